The molecule has 7 heteroatoms. The van der Waals surface area contributed by atoms with E-state index in [0.29, 0.717) is 10.7 Å². The van der Waals surface area contributed by atoms with Crippen molar-refractivity contribution in [3.8, 4) is 0 Å². The maximum Gasteiger partial charge on any atom is 0.283 e. The molecule has 1 aliphatic heterocycles. The van der Waals surface area contributed by atoms with Gasteiger partial charge in [0.1, 0.15) is 16.4 Å². The van der Waals surface area contributed by atoms with Gasteiger partial charge < -0.3 is 5.32 Å². The Morgan fingerprint density at radius 3 is 2.27 bits per heavy atom. The SMILES string of the molecule is Cc1ccccc1NC1=C(Sc2ccc(Cl)cc2)C(=O)N(c2ccccc2F)C1=O. The van der Waals surface area contributed by atoms with Crippen LogP contribution < -0.4 is 10.2 Å². The third-order valence-corrected chi connectivity index (χ3v) is 5.92. The molecule has 4 rings (SSSR count). The van der Waals surface area contributed by atoms with Gasteiger partial charge in [0.15, 0.2) is 0 Å². The van der Waals surface area contributed by atoms with E-state index in [1.807, 2.05) is 31.2 Å². The Balaban J connectivity index is 1.78. The summed E-state index contributed by atoms with van der Waals surface area (Å²) >= 11 is 7.08. The van der Waals surface area contributed by atoms with Gasteiger partial charge in [0.25, 0.3) is 11.8 Å². The van der Waals surface area contributed by atoms with Crippen LogP contribution in [0.4, 0.5) is 15.8 Å². The maximum absolute atomic E-state index is 14.4. The number of benzene rings is 3. The molecule has 1 N–H and O–H groups in total. The van der Waals surface area contributed by atoms with Crippen molar-refractivity contribution in [2.24, 2.45) is 0 Å². The van der Waals surface area contributed by atoms with Crippen molar-refractivity contribution in [3.63, 3.8) is 0 Å². The van der Waals surface area contributed by atoms with Gasteiger partial charge in [0, 0.05) is 15.6 Å². The number of carbonyl (C=O) groups excluding carboxylic acids is 2. The number of imide groups is 1. The molecule has 30 heavy (non-hydrogen) atoms. The summed E-state index contributed by atoms with van der Waals surface area (Å²) < 4.78 is 14.4. The lowest BCUT2D eigenvalue weighted by Crippen LogP contribution is -2.33. The van der Waals surface area contributed by atoms with E-state index < -0.39 is 17.6 Å². The molecule has 0 fully saturated rings. The number of rotatable bonds is 5. The number of thioether (sulfide) groups is 1. The highest BCUT2D eigenvalue weighted by atomic mass is 35.5. The summed E-state index contributed by atoms with van der Waals surface area (Å²) in [6.45, 7) is 1.89. The Morgan fingerprint density at radius 1 is 0.900 bits per heavy atom. The zero-order valence-electron chi connectivity index (χ0n) is 15.9. The molecule has 1 heterocycles. The molecule has 3 aromatic rings. The highest BCUT2D eigenvalue weighted by molar-refractivity contribution is 8.04. The number of hydrogen-bond donors (Lipinski definition) is 1. The van der Waals surface area contributed by atoms with E-state index in [4.69, 9.17) is 11.6 Å². The van der Waals surface area contributed by atoms with Crippen LogP contribution in [0.25, 0.3) is 0 Å². The molecule has 0 aromatic heterocycles. The number of anilines is 2. The number of aryl methyl sites for hydroxylation is 1. The lowest BCUT2D eigenvalue weighted by molar-refractivity contribution is -0.120. The summed E-state index contributed by atoms with van der Waals surface area (Å²) in [4.78, 5) is 28.2. The predicted molar refractivity (Wildman–Crippen MR) is 118 cm³/mol. The predicted octanol–water partition coefficient (Wildman–Crippen LogP) is 5.78. The minimum Gasteiger partial charge on any atom is -0.350 e. The molecule has 0 aliphatic carbocycles. The van der Waals surface area contributed by atoms with Crippen LogP contribution in [0.5, 0.6) is 0 Å². The van der Waals surface area contributed by atoms with Crippen LogP contribution in [0.3, 0.4) is 0 Å². The molecule has 1 aliphatic rings. The van der Waals surface area contributed by atoms with E-state index in [9.17, 15) is 14.0 Å². The highest BCUT2D eigenvalue weighted by Gasteiger charge is 2.41. The van der Waals surface area contributed by atoms with E-state index in [1.165, 1.54) is 18.2 Å². The second kappa shape index (κ2) is 8.34. The van der Waals surface area contributed by atoms with Gasteiger partial charge in [-0.1, -0.05) is 53.7 Å². The number of carbonyl (C=O) groups is 2. The average Bonchev–Trinajstić information content (AvgIpc) is 2.96. The van der Waals surface area contributed by atoms with Crippen LogP contribution in [-0.2, 0) is 9.59 Å². The van der Waals surface area contributed by atoms with Crippen LogP contribution >= 0.6 is 23.4 Å². The molecule has 150 valence electrons. The first kappa shape index (κ1) is 20.2. The Labute approximate surface area is 182 Å². The fourth-order valence-electron chi connectivity index (χ4n) is 3.03. The molecular weight excluding hydrogens is 423 g/mol. The first-order chi connectivity index (χ1) is 14.5. The summed E-state index contributed by atoms with van der Waals surface area (Å²) in [5.74, 6) is -1.84. The number of amides is 2. The van der Waals surface area contributed by atoms with Crippen molar-refractivity contribution >= 4 is 46.6 Å². The summed E-state index contributed by atoms with van der Waals surface area (Å²) in [6.07, 6.45) is 0. The van der Waals surface area contributed by atoms with Crippen molar-refractivity contribution in [3.05, 3.63) is 99.8 Å². The fraction of sp³-hybridized carbons (Fsp3) is 0.0435. The number of halogens is 2. The standard InChI is InChI=1S/C23H16ClFN2O2S/c1-14-6-2-4-8-18(14)26-20-21(30-16-12-10-15(24)11-13-16)23(29)27(22(20)28)19-9-5-3-7-17(19)25/h2-13,26H,1H3. The minimum absolute atomic E-state index is 0.0803. The van der Waals surface area contributed by atoms with Gasteiger partial charge in [0.2, 0.25) is 0 Å². The Bertz CT molecular complexity index is 1180. The largest absolute Gasteiger partial charge is 0.350 e. The molecule has 4 nitrogen and oxygen atoms in total. The van der Waals surface area contributed by atoms with Crippen LogP contribution in [0, 0.1) is 12.7 Å². The van der Waals surface area contributed by atoms with Crippen molar-refractivity contribution in [1.82, 2.24) is 0 Å². The first-order valence-electron chi connectivity index (χ1n) is 9.09. The fourth-order valence-corrected chi connectivity index (χ4v) is 4.09. The van der Waals surface area contributed by atoms with Crippen LogP contribution in [0.15, 0.2) is 88.3 Å². The van der Waals surface area contributed by atoms with Crippen LogP contribution in [-0.4, -0.2) is 11.8 Å². The number of nitrogens with one attached hydrogen (secondary N) is 1. The zero-order chi connectivity index (χ0) is 21.3. The molecule has 3 aromatic carbocycles. The van der Waals surface area contributed by atoms with Crippen molar-refractivity contribution < 1.29 is 14.0 Å². The number of hydrogen-bond acceptors (Lipinski definition) is 4. The lowest BCUT2D eigenvalue weighted by Gasteiger charge is -2.16. The van der Waals surface area contributed by atoms with Gasteiger partial charge in [-0.2, -0.15) is 0 Å². The summed E-state index contributed by atoms with van der Waals surface area (Å²) in [5.41, 5.74) is 1.63. The Hall–Kier alpha value is -3.09. The molecule has 0 unspecified atom stereocenters. The third kappa shape index (κ3) is 3.84. The van der Waals surface area contributed by atoms with E-state index in [2.05, 4.69) is 5.32 Å². The Morgan fingerprint density at radius 2 is 1.57 bits per heavy atom. The molecule has 0 saturated carbocycles. The maximum atomic E-state index is 14.4. The minimum atomic E-state index is -0.646. The molecule has 0 radical (unpaired) electrons. The second-order valence-electron chi connectivity index (χ2n) is 6.60. The smallest absolute Gasteiger partial charge is 0.283 e. The summed E-state index contributed by atoms with van der Waals surface area (Å²) in [7, 11) is 0. The number of para-hydroxylation sites is 2. The van der Waals surface area contributed by atoms with E-state index in [1.54, 1.807) is 30.3 Å². The van der Waals surface area contributed by atoms with Gasteiger partial charge in [-0.05, 0) is 55.0 Å². The van der Waals surface area contributed by atoms with Gasteiger partial charge >= 0.3 is 0 Å². The molecule has 2 amide bonds. The van der Waals surface area contributed by atoms with Gasteiger partial charge in [-0.15, -0.1) is 0 Å². The first-order valence-corrected chi connectivity index (χ1v) is 10.3. The van der Waals surface area contributed by atoms with E-state index in [-0.39, 0.29) is 16.3 Å². The van der Waals surface area contributed by atoms with E-state index >= 15 is 0 Å². The van der Waals surface area contributed by atoms with Crippen molar-refractivity contribution in [1.29, 1.82) is 0 Å². The molecule has 0 saturated heterocycles. The normalized spacial score (nSPS) is 13.9. The topological polar surface area (TPSA) is 49.4 Å². The summed E-state index contributed by atoms with van der Waals surface area (Å²) in [6, 6.07) is 20.1. The molecule has 0 atom stereocenters. The zero-order valence-corrected chi connectivity index (χ0v) is 17.4. The van der Waals surface area contributed by atoms with E-state index in [0.717, 1.165) is 27.1 Å². The number of nitrogens with zero attached hydrogens (tertiary/aromatic N) is 1. The Kier molecular flexibility index (Phi) is 5.61. The van der Waals surface area contributed by atoms with Gasteiger partial charge in [0.05, 0.1) is 5.69 Å². The molecule has 0 bridgehead atoms. The van der Waals surface area contributed by atoms with Crippen LogP contribution in [0.1, 0.15) is 5.56 Å². The van der Waals surface area contributed by atoms with Crippen molar-refractivity contribution in [2.75, 3.05) is 10.2 Å². The monoisotopic (exact) mass is 438 g/mol. The highest BCUT2D eigenvalue weighted by Crippen LogP contribution is 2.39. The van der Waals surface area contributed by atoms with Crippen LogP contribution in [0.2, 0.25) is 5.02 Å². The summed E-state index contributed by atoms with van der Waals surface area (Å²) in [5, 5.41) is 3.65. The van der Waals surface area contributed by atoms with Gasteiger partial charge in [-0.25, -0.2) is 9.29 Å². The van der Waals surface area contributed by atoms with Gasteiger partial charge in [-0.3, -0.25) is 9.59 Å². The average molecular weight is 439 g/mol. The molecule has 0 spiro atoms. The van der Waals surface area contributed by atoms with Crippen molar-refractivity contribution in [2.45, 2.75) is 11.8 Å². The molecular formula is C23H16ClFN2O2S. The second-order valence-corrected chi connectivity index (χ2v) is 8.12. The third-order valence-electron chi connectivity index (χ3n) is 4.57. The lowest BCUT2D eigenvalue weighted by atomic mass is 10.2. The quantitative estimate of drug-likeness (QED) is 0.513.